The van der Waals surface area contributed by atoms with E-state index in [2.05, 4.69) is 0 Å². The van der Waals surface area contributed by atoms with Gasteiger partial charge in [0.1, 0.15) is 0 Å². The van der Waals surface area contributed by atoms with E-state index in [0.717, 1.165) is 11.1 Å². The van der Waals surface area contributed by atoms with E-state index in [1.807, 2.05) is 38.1 Å². The summed E-state index contributed by atoms with van der Waals surface area (Å²) >= 11 is 0. The minimum atomic E-state index is -0.341. The molecule has 0 spiro atoms. The van der Waals surface area contributed by atoms with Crippen LogP contribution in [0.3, 0.4) is 0 Å². The Morgan fingerprint density at radius 1 is 1.36 bits per heavy atom. The lowest BCUT2D eigenvalue weighted by molar-refractivity contribution is 0.281. The van der Waals surface area contributed by atoms with Crippen LogP contribution in [0.4, 0.5) is 4.39 Å². The monoisotopic (exact) mass is 196 g/mol. The van der Waals surface area contributed by atoms with Gasteiger partial charge in [0, 0.05) is 5.92 Å². The quantitative estimate of drug-likeness (QED) is 0.785. The molecule has 1 aromatic carbocycles. The second-order valence-corrected chi connectivity index (χ2v) is 3.91. The lowest BCUT2D eigenvalue weighted by Crippen LogP contribution is -2.09. The van der Waals surface area contributed by atoms with Gasteiger partial charge in [-0.1, -0.05) is 38.1 Å². The molecule has 0 saturated carbocycles. The maximum atomic E-state index is 12.8. The zero-order valence-electron chi connectivity index (χ0n) is 8.70. The fraction of sp³-hybridized carbons (Fsp3) is 0.500. The molecule has 0 fully saturated rings. The van der Waals surface area contributed by atoms with Gasteiger partial charge in [0.2, 0.25) is 0 Å². The van der Waals surface area contributed by atoms with E-state index in [1.165, 1.54) is 0 Å². The van der Waals surface area contributed by atoms with Crippen LogP contribution in [0.1, 0.15) is 30.9 Å². The smallest absolute Gasteiger partial charge is 0.0965 e. The molecular formula is C12H17FO. The highest BCUT2D eigenvalue weighted by Crippen LogP contribution is 2.25. The largest absolute Gasteiger partial charge is 0.392 e. The third-order valence-corrected chi connectivity index (χ3v) is 2.53. The fourth-order valence-corrected chi connectivity index (χ4v) is 1.57. The number of aliphatic hydroxyl groups is 1. The first-order valence-corrected chi connectivity index (χ1v) is 4.94. The summed E-state index contributed by atoms with van der Waals surface area (Å²) in [6.45, 7) is 3.70. The molecular weight excluding hydrogens is 179 g/mol. The molecule has 0 aliphatic heterocycles. The van der Waals surface area contributed by atoms with Gasteiger partial charge >= 0.3 is 0 Å². The second kappa shape index (κ2) is 5.11. The molecule has 1 nitrogen and oxygen atoms in total. The van der Waals surface area contributed by atoms with E-state index < -0.39 is 0 Å². The standard InChI is InChI=1S/C12H17FO/c1-9(2)12(7-13)11-5-3-4-10(6-11)8-14/h3-6,9,12,14H,7-8H2,1-2H3. The van der Waals surface area contributed by atoms with Crippen molar-refractivity contribution in [2.75, 3.05) is 6.67 Å². The van der Waals surface area contributed by atoms with Crippen molar-refractivity contribution < 1.29 is 9.50 Å². The number of hydrogen-bond donors (Lipinski definition) is 1. The Morgan fingerprint density at radius 3 is 2.57 bits per heavy atom. The Morgan fingerprint density at radius 2 is 2.07 bits per heavy atom. The van der Waals surface area contributed by atoms with Crippen LogP contribution in [0.5, 0.6) is 0 Å². The number of hydrogen-bond acceptors (Lipinski definition) is 1. The highest BCUT2D eigenvalue weighted by atomic mass is 19.1. The summed E-state index contributed by atoms with van der Waals surface area (Å²) in [5.74, 6) is 0.232. The summed E-state index contributed by atoms with van der Waals surface area (Å²) in [6.07, 6.45) is 0. The summed E-state index contributed by atoms with van der Waals surface area (Å²) in [4.78, 5) is 0. The first-order valence-electron chi connectivity index (χ1n) is 4.94. The van der Waals surface area contributed by atoms with E-state index in [-0.39, 0.29) is 25.1 Å². The van der Waals surface area contributed by atoms with Crippen molar-refractivity contribution in [1.82, 2.24) is 0 Å². The predicted octanol–water partition coefficient (Wildman–Crippen LogP) is 2.89. The zero-order chi connectivity index (χ0) is 10.6. The molecule has 1 N–H and O–H groups in total. The number of aliphatic hydroxyl groups excluding tert-OH is 1. The van der Waals surface area contributed by atoms with Crippen molar-refractivity contribution in [1.29, 1.82) is 0 Å². The van der Waals surface area contributed by atoms with Gasteiger partial charge in [-0.05, 0) is 17.0 Å². The molecule has 78 valence electrons. The number of halogens is 1. The van der Waals surface area contributed by atoms with E-state index >= 15 is 0 Å². The topological polar surface area (TPSA) is 20.2 Å². The van der Waals surface area contributed by atoms with Crippen LogP contribution >= 0.6 is 0 Å². The van der Waals surface area contributed by atoms with Crippen molar-refractivity contribution in [2.45, 2.75) is 26.4 Å². The van der Waals surface area contributed by atoms with E-state index in [4.69, 9.17) is 5.11 Å². The molecule has 1 unspecified atom stereocenters. The molecule has 0 aromatic heterocycles. The molecule has 0 heterocycles. The average Bonchev–Trinajstić information content (AvgIpc) is 2.19. The number of benzene rings is 1. The van der Waals surface area contributed by atoms with Crippen molar-refractivity contribution in [2.24, 2.45) is 5.92 Å². The average molecular weight is 196 g/mol. The first-order chi connectivity index (χ1) is 6.69. The van der Waals surface area contributed by atoms with Crippen molar-refractivity contribution in [3.8, 4) is 0 Å². The van der Waals surface area contributed by atoms with E-state index in [1.54, 1.807) is 0 Å². The molecule has 0 aliphatic carbocycles. The number of alkyl halides is 1. The molecule has 0 saturated heterocycles. The summed E-state index contributed by atoms with van der Waals surface area (Å²) < 4.78 is 12.8. The summed E-state index contributed by atoms with van der Waals surface area (Å²) in [5, 5.41) is 8.96. The van der Waals surface area contributed by atoms with E-state index in [9.17, 15) is 4.39 Å². The van der Waals surface area contributed by atoms with Crippen LogP contribution in [-0.4, -0.2) is 11.8 Å². The second-order valence-electron chi connectivity index (χ2n) is 3.91. The molecule has 2 heteroatoms. The van der Waals surface area contributed by atoms with Crippen LogP contribution < -0.4 is 0 Å². The minimum absolute atomic E-state index is 0.0188. The molecule has 0 amide bonds. The van der Waals surface area contributed by atoms with Gasteiger partial charge in [-0.15, -0.1) is 0 Å². The van der Waals surface area contributed by atoms with Crippen LogP contribution in [-0.2, 0) is 6.61 Å². The van der Waals surface area contributed by atoms with E-state index in [0.29, 0.717) is 0 Å². The fourth-order valence-electron chi connectivity index (χ4n) is 1.57. The lowest BCUT2D eigenvalue weighted by atomic mass is 9.89. The Bertz CT molecular complexity index is 283. The summed E-state index contributed by atoms with van der Waals surface area (Å²) in [7, 11) is 0. The molecule has 0 aliphatic rings. The van der Waals surface area contributed by atoms with Crippen molar-refractivity contribution in [3.05, 3.63) is 35.4 Å². The highest BCUT2D eigenvalue weighted by molar-refractivity contribution is 5.26. The van der Waals surface area contributed by atoms with Gasteiger partial charge in [0.15, 0.2) is 0 Å². The maximum absolute atomic E-state index is 12.8. The Hall–Kier alpha value is -0.890. The van der Waals surface area contributed by atoms with Gasteiger partial charge in [0.25, 0.3) is 0 Å². The van der Waals surface area contributed by atoms with Crippen LogP contribution in [0, 0.1) is 5.92 Å². The first kappa shape index (κ1) is 11.2. The molecule has 14 heavy (non-hydrogen) atoms. The molecule has 0 radical (unpaired) electrons. The Kier molecular flexibility index (Phi) is 4.08. The van der Waals surface area contributed by atoms with Gasteiger partial charge in [-0.2, -0.15) is 0 Å². The normalized spacial score (nSPS) is 13.2. The highest BCUT2D eigenvalue weighted by Gasteiger charge is 2.15. The van der Waals surface area contributed by atoms with Gasteiger partial charge in [-0.25, -0.2) is 0 Å². The Labute approximate surface area is 84.6 Å². The third kappa shape index (κ3) is 2.55. The molecule has 1 aromatic rings. The molecule has 1 rings (SSSR count). The zero-order valence-corrected chi connectivity index (χ0v) is 8.70. The van der Waals surface area contributed by atoms with Crippen molar-refractivity contribution in [3.63, 3.8) is 0 Å². The molecule has 0 bridgehead atoms. The maximum Gasteiger partial charge on any atom is 0.0965 e. The van der Waals surface area contributed by atoms with Gasteiger partial charge in [-0.3, -0.25) is 4.39 Å². The summed E-state index contributed by atoms with van der Waals surface area (Å²) in [5.41, 5.74) is 1.83. The van der Waals surface area contributed by atoms with Crippen LogP contribution in [0.2, 0.25) is 0 Å². The number of rotatable bonds is 4. The third-order valence-electron chi connectivity index (χ3n) is 2.53. The SMILES string of the molecule is CC(C)C(CF)c1cccc(CO)c1. The lowest BCUT2D eigenvalue weighted by Gasteiger charge is -2.18. The molecule has 1 atom stereocenters. The van der Waals surface area contributed by atoms with Gasteiger partial charge < -0.3 is 5.11 Å². The minimum Gasteiger partial charge on any atom is -0.392 e. The predicted molar refractivity (Wildman–Crippen MR) is 55.9 cm³/mol. The summed E-state index contributed by atoms with van der Waals surface area (Å²) in [6, 6.07) is 7.51. The Balaban J connectivity index is 2.92. The van der Waals surface area contributed by atoms with Crippen LogP contribution in [0.25, 0.3) is 0 Å². The van der Waals surface area contributed by atoms with Crippen LogP contribution in [0.15, 0.2) is 24.3 Å². The van der Waals surface area contributed by atoms with Gasteiger partial charge in [0.05, 0.1) is 13.3 Å². The van der Waals surface area contributed by atoms with Crippen molar-refractivity contribution >= 4 is 0 Å².